The van der Waals surface area contributed by atoms with Crippen molar-refractivity contribution in [3.8, 4) is 5.88 Å². The predicted octanol–water partition coefficient (Wildman–Crippen LogP) is 1.18. The molecule has 0 aromatic carbocycles. The summed E-state index contributed by atoms with van der Waals surface area (Å²) in [7, 11) is 0. The summed E-state index contributed by atoms with van der Waals surface area (Å²) in [6, 6.07) is 0. The lowest BCUT2D eigenvalue weighted by Gasteiger charge is -1.85. The molecule has 3 nitrogen and oxygen atoms in total. The van der Waals surface area contributed by atoms with E-state index in [2.05, 4.69) is 4.98 Å². The van der Waals surface area contributed by atoms with Crippen LogP contribution >= 0.6 is 11.3 Å². The fourth-order valence-corrected chi connectivity index (χ4v) is 2.01. The van der Waals surface area contributed by atoms with E-state index in [9.17, 15) is 5.11 Å². The largest absolute Gasteiger partial charge is 0.492 e. The molecular weight excluding hydrogens is 160 g/mol. The van der Waals surface area contributed by atoms with Gasteiger partial charge in [-0.15, -0.1) is 11.3 Å². The maximum Gasteiger partial charge on any atom is 0.226 e. The molecule has 4 heteroatoms. The smallest absolute Gasteiger partial charge is 0.226 e. The van der Waals surface area contributed by atoms with Gasteiger partial charge in [0.05, 0.1) is 4.88 Å². The lowest BCUT2D eigenvalue weighted by atomic mass is 10.4. The SMILES string of the molecule is NCc1sc(C2CC2)nc1O. The van der Waals surface area contributed by atoms with Crippen LogP contribution < -0.4 is 5.73 Å². The Labute approximate surface area is 68.9 Å². The van der Waals surface area contributed by atoms with E-state index in [1.807, 2.05) is 0 Å². The molecule has 0 saturated heterocycles. The van der Waals surface area contributed by atoms with Gasteiger partial charge in [0.25, 0.3) is 0 Å². The van der Waals surface area contributed by atoms with Gasteiger partial charge in [0.1, 0.15) is 5.01 Å². The summed E-state index contributed by atoms with van der Waals surface area (Å²) in [5.41, 5.74) is 5.39. The molecule has 1 aliphatic rings. The molecule has 0 radical (unpaired) electrons. The van der Waals surface area contributed by atoms with Gasteiger partial charge in [0, 0.05) is 12.5 Å². The summed E-state index contributed by atoms with van der Waals surface area (Å²) in [5.74, 6) is 0.755. The maximum absolute atomic E-state index is 9.23. The van der Waals surface area contributed by atoms with Crippen molar-refractivity contribution in [2.24, 2.45) is 5.73 Å². The van der Waals surface area contributed by atoms with Crippen molar-refractivity contribution < 1.29 is 5.11 Å². The topological polar surface area (TPSA) is 59.1 Å². The van der Waals surface area contributed by atoms with Crippen molar-refractivity contribution in [2.45, 2.75) is 25.3 Å². The van der Waals surface area contributed by atoms with E-state index in [1.165, 1.54) is 12.8 Å². The molecule has 0 bridgehead atoms. The van der Waals surface area contributed by atoms with E-state index in [1.54, 1.807) is 11.3 Å². The molecule has 11 heavy (non-hydrogen) atoms. The number of aromatic nitrogens is 1. The molecule has 3 N–H and O–H groups in total. The summed E-state index contributed by atoms with van der Waals surface area (Å²) in [5, 5.41) is 10.3. The Kier molecular flexibility index (Phi) is 1.58. The number of hydrogen-bond acceptors (Lipinski definition) is 4. The second-order valence-corrected chi connectivity index (χ2v) is 3.89. The Balaban J connectivity index is 2.28. The Morgan fingerprint density at radius 2 is 2.36 bits per heavy atom. The van der Waals surface area contributed by atoms with Crippen molar-refractivity contribution in [3.05, 3.63) is 9.88 Å². The van der Waals surface area contributed by atoms with E-state index in [4.69, 9.17) is 5.73 Å². The van der Waals surface area contributed by atoms with Gasteiger partial charge in [-0.25, -0.2) is 4.98 Å². The summed E-state index contributed by atoms with van der Waals surface area (Å²) in [6.45, 7) is 0.399. The van der Waals surface area contributed by atoms with Crippen molar-refractivity contribution in [2.75, 3.05) is 0 Å². The summed E-state index contributed by atoms with van der Waals surface area (Å²) < 4.78 is 0. The minimum absolute atomic E-state index is 0.138. The van der Waals surface area contributed by atoms with Crippen molar-refractivity contribution >= 4 is 11.3 Å². The number of rotatable bonds is 2. The second kappa shape index (κ2) is 2.46. The van der Waals surface area contributed by atoms with E-state index in [0.29, 0.717) is 12.5 Å². The molecule has 60 valence electrons. The lowest BCUT2D eigenvalue weighted by molar-refractivity contribution is 0.450. The zero-order valence-corrected chi connectivity index (χ0v) is 6.90. The van der Waals surface area contributed by atoms with Crippen LogP contribution in [-0.2, 0) is 6.54 Å². The fourth-order valence-electron chi connectivity index (χ4n) is 0.999. The molecule has 1 heterocycles. The van der Waals surface area contributed by atoms with Gasteiger partial charge in [0.2, 0.25) is 5.88 Å². The van der Waals surface area contributed by atoms with Crippen LogP contribution in [0.4, 0.5) is 0 Å². The van der Waals surface area contributed by atoms with Gasteiger partial charge in [-0.05, 0) is 12.8 Å². The first-order valence-electron chi connectivity index (χ1n) is 3.70. The highest BCUT2D eigenvalue weighted by Crippen LogP contribution is 2.43. The molecule has 0 unspecified atom stereocenters. The van der Waals surface area contributed by atoms with Crippen molar-refractivity contribution in [1.82, 2.24) is 4.98 Å². The normalized spacial score (nSPS) is 17.2. The molecule has 0 amide bonds. The van der Waals surface area contributed by atoms with E-state index in [-0.39, 0.29) is 5.88 Å². The number of nitrogens with zero attached hydrogens (tertiary/aromatic N) is 1. The van der Waals surface area contributed by atoms with Gasteiger partial charge in [-0.3, -0.25) is 0 Å². The Morgan fingerprint density at radius 1 is 1.64 bits per heavy atom. The molecule has 1 aromatic heterocycles. The van der Waals surface area contributed by atoms with Gasteiger partial charge >= 0.3 is 0 Å². The first-order chi connectivity index (χ1) is 5.31. The number of thiazole rings is 1. The Morgan fingerprint density at radius 3 is 2.82 bits per heavy atom. The third-order valence-corrected chi connectivity index (χ3v) is 3.03. The van der Waals surface area contributed by atoms with Crippen LogP contribution in [0.3, 0.4) is 0 Å². The lowest BCUT2D eigenvalue weighted by Crippen LogP contribution is -1.92. The predicted molar refractivity (Wildman–Crippen MR) is 43.6 cm³/mol. The molecular formula is C7H10N2OS. The zero-order valence-electron chi connectivity index (χ0n) is 6.08. The molecule has 0 spiro atoms. The summed E-state index contributed by atoms with van der Waals surface area (Å²) in [4.78, 5) is 4.85. The molecule has 1 fully saturated rings. The summed E-state index contributed by atoms with van der Waals surface area (Å²) >= 11 is 1.54. The molecule has 1 saturated carbocycles. The van der Waals surface area contributed by atoms with E-state index < -0.39 is 0 Å². The highest BCUT2D eigenvalue weighted by atomic mass is 32.1. The van der Waals surface area contributed by atoms with Gasteiger partial charge in [-0.1, -0.05) is 0 Å². The van der Waals surface area contributed by atoms with Crippen LogP contribution in [0.1, 0.15) is 28.6 Å². The van der Waals surface area contributed by atoms with Crippen LogP contribution in [0.15, 0.2) is 0 Å². The van der Waals surface area contributed by atoms with E-state index >= 15 is 0 Å². The third kappa shape index (κ3) is 1.23. The molecule has 0 atom stereocenters. The first-order valence-corrected chi connectivity index (χ1v) is 4.51. The number of hydrogen-bond donors (Lipinski definition) is 2. The van der Waals surface area contributed by atoms with Crippen LogP contribution in [-0.4, -0.2) is 10.1 Å². The highest BCUT2D eigenvalue weighted by molar-refractivity contribution is 7.12. The minimum Gasteiger partial charge on any atom is -0.492 e. The number of nitrogens with two attached hydrogens (primary N) is 1. The average molecular weight is 170 g/mol. The van der Waals surface area contributed by atoms with Crippen LogP contribution in [0.5, 0.6) is 5.88 Å². The molecule has 1 aromatic rings. The van der Waals surface area contributed by atoms with Gasteiger partial charge in [0.15, 0.2) is 0 Å². The van der Waals surface area contributed by atoms with Crippen molar-refractivity contribution in [3.63, 3.8) is 0 Å². The second-order valence-electron chi connectivity index (χ2n) is 2.78. The maximum atomic E-state index is 9.23. The van der Waals surface area contributed by atoms with Crippen LogP contribution in [0, 0.1) is 0 Å². The quantitative estimate of drug-likeness (QED) is 0.700. The first kappa shape index (κ1) is 7.06. The average Bonchev–Trinajstić information content (AvgIpc) is 2.76. The Bertz CT molecular complexity index is 267. The number of aromatic hydroxyl groups is 1. The minimum atomic E-state index is 0.138. The van der Waals surface area contributed by atoms with Crippen LogP contribution in [0.25, 0.3) is 0 Å². The molecule has 2 rings (SSSR count). The highest BCUT2D eigenvalue weighted by Gasteiger charge is 2.27. The van der Waals surface area contributed by atoms with Gasteiger partial charge < -0.3 is 10.8 Å². The monoisotopic (exact) mass is 170 g/mol. The van der Waals surface area contributed by atoms with E-state index in [0.717, 1.165) is 9.88 Å². The summed E-state index contributed by atoms with van der Waals surface area (Å²) in [6.07, 6.45) is 2.44. The standard InChI is InChI=1S/C7H10N2OS/c8-3-5-6(10)9-7(11-5)4-1-2-4/h4,10H,1-3,8H2. The third-order valence-electron chi connectivity index (χ3n) is 1.81. The van der Waals surface area contributed by atoms with Crippen LogP contribution in [0.2, 0.25) is 0 Å². The fraction of sp³-hybridized carbons (Fsp3) is 0.571. The van der Waals surface area contributed by atoms with Crippen molar-refractivity contribution in [1.29, 1.82) is 0 Å². The molecule has 0 aliphatic heterocycles. The van der Waals surface area contributed by atoms with Gasteiger partial charge in [-0.2, -0.15) is 0 Å². The zero-order chi connectivity index (χ0) is 7.84. The molecule has 1 aliphatic carbocycles. The Hall–Kier alpha value is -0.610.